The molecule has 0 unspecified atom stereocenters. The number of terminal acetylenes is 1. The van der Waals surface area contributed by atoms with Crippen LogP contribution in [0.4, 0.5) is 0 Å². The van der Waals surface area contributed by atoms with E-state index in [9.17, 15) is 30.0 Å². The zero-order chi connectivity index (χ0) is 31.4. The predicted octanol–water partition coefficient (Wildman–Crippen LogP) is 3.66. The molecule has 1 aromatic heterocycles. The lowest BCUT2D eigenvalue weighted by molar-refractivity contribution is -0.153. The quantitative estimate of drug-likeness (QED) is 0.208. The first-order valence-corrected chi connectivity index (χ1v) is 15.5. The molecule has 4 aliphatic carbocycles. The fourth-order valence-electron chi connectivity index (χ4n) is 9.19. The van der Waals surface area contributed by atoms with Crippen LogP contribution < -0.4 is 5.32 Å². The van der Waals surface area contributed by atoms with Gasteiger partial charge in [-0.3, -0.25) is 4.79 Å². The van der Waals surface area contributed by atoms with Crippen molar-refractivity contribution in [2.24, 2.45) is 33.7 Å². The topological polar surface area (TPSA) is 164 Å². The van der Waals surface area contributed by atoms with Crippen LogP contribution in [-0.2, 0) is 20.8 Å². The molecule has 10 nitrogen and oxygen atoms in total. The van der Waals surface area contributed by atoms with Crippen LogP contribution in [-0.4, -0.2) is 67.4 Å². The number of aromatic amines is 1. The summed E-state index contributed by atoms with van der Waals surface area (Å²) in [6.07, 6.45) is 14.1. The minimum Gasteiger partial charge on any atom is -0.508 e. The van der Waals surface area contributed by atoms with Crippen LogP contribution in [0, 0.1) is 40.9 Å². The molecule has 0 bridgehead atoms. The van der Waals surface area contributed by atoms with E-state index in [-0.39, 0.29) is 35.3 Å². The number of rotatable bonds is 7. The molecule has 3 saturated carbocycles. The van der Waals surface area contributed by atoms with Gasteiger partial charge < -0.3 is 35.6 Å². The zero-order valence-electron chi connectivity index (χ0n) is 25.2. The Balaban J connectivity index is 1.09. The van der Waals surface area contributed by atoms with Gasteiger partial charge in [0.1, 0.15) is 17.4 Å². The van der Waals surface area contributed by atoms with Crippen LogP contribution in [0.1, 0.15) is 64.4 Å². The van der Waals surface area contributed by atoms with Gasteiger partial charge in [-0.15, -0.1) is 6.42 Å². The number of carboxylic acid groups (broad SMARTS) is 1. The Morgan fingerprint density at radius 3 is 2.80 bits per heavy atom. The van der Waals surface area contributed by atoms with Crippen LogP contribution in [0.5, 0.6) is 5.75 Å². The van der Waals surface area contributed by atoms with Crippen molar-refractivity contribution in [1.82, 2.24) is 10.3 Å². The second-order valence-electron chi connectivity index (χ2n) is 13.7. The van der Waals surface area contributed by atoms with Crippen molar-refractivity contribution >= 4 is 28.5 Å². The van der Waals surface area contributed by atoms with Gasteiger partial charge in [0.2, 0.25) is 0 Å². The van der Waals surface area contributed by atoms with Crippen molar-refractivity contribution in [3.05, 3.63) is 41.6 Å². The standard InChI is InChI=1S/C34H41N3O7/c1-4-34(43)12-10-25-24-7-5-20-14-21(9-11-32(20,2)30(24)28(39)16-33(25,34)3)37-44-18-29(40)36-27(31(41)42)13-19-17-35-26-15-22(38)6-8-23(19)26/h1,6,8,14-15,17,24-25,27-28,30,35,38-39,43H,5,7,9-13,16,18H2,2-3H3,(H,36,40)(H,41,42)/b37-21-/t24-,25+,27+,28-,30-,32-,33-,34-/m0/s1. The molecule has 1 aromatic carbocycles. The Morgan fingerprint density at radius 1 is 1.25 bits per heavy atom. The Kier molecular flexibility index (Phi) is 7.53. The van der Waals surface area contributed by atoms with Gasteiger partial charge in [0.05, 0.1) is 11.8 Å². The lowest BCUT2D eigenvalue weighted by atomic mass is 9.45. The highest BCUT2D eigenvalue weighted by atomic mass is 16.6. The fraction of sp³-hybridized carbons (Fsp3) is 0.559. The molecule has 3 fully saturated rings. The molecule has 1 heterocycles. The van der Waals surface area contributed by atoms with E-state index in [4.69, 9.17) is 11.3 Å². The first-order valence-electron chi connectivity index (χ1n) is 15.5. The molecule has 0 radical (unpaired) electrons. The van der Waals surface area contributed by atoms with Crippen molar-refractivity contribution < 1.29 is 34.9 Å². The highest BCUT2D eigenvalue weighted by Crippen LogP contribution is 2.67. The fourth-order valence-corrected chi connectivity index (χ4v) is 9.19. The molecule has 234 valence electrons. The molecule has 4 aliphatic rings. The minimum absolute atomic E-state index is 0.0566. The molecule has 8 atom stereocenters. The minimum atomic E-state index is -1.18. The van der Waals surface area contributed by atoms with Gasteiger partial charge in [0, 0.05) is 35.0 Å². The number of nitrogens with one attached hydrogen (secondary N) is 2. The Hall–Kier alpha value is -3.81. The molecule has 0 aliphatic heterocycles. The van der Waals surface area contributed by atoms with Gasteiger partial charge in [-0.25, -0.2) is 4.79 Å². The van der Waals surface area contributed by atoms with Gasteiger partial charge in [0.15, 0.2) is 6.61 Å². The van der Waals surface area contributed by atoms with Gasteiger partial charge in [-0.05, 0) is 91.9 Å². The van der Waals surface area contributed by atoms with E-state index < -0.39 is 41.6 Å². The number of phenolic OH excluding ortho intramolecular Hbond substituents is 1. The highest BCUT2D eigenvalue weighted by Gasteiger charge is 2.66. The summed E-state index contributed by atoms with van der Waals surface area (Å²) in [6.45, 7) is 3.87. The average molecular weight is 604 g/mol. The number of oxime groups is 1. The summed E-state index contributed by atoms with van der Waals surface area (Å²) in [6, 6.07) is 3.61. The summed E-state index contributed by atoms with van der Waals surface area (Å²) >= 11 is 0. The zero-order valence-corrected chi connectivity index (χ0v) is 25.2. The number of H-pyrrole nitrogens is 1. The predicted molar refractivity (Wildman–Crippen MR) is 163 cm³/mol. The Labute approximate surface area is 256 Å². The number of aromatic hydroxyl groups is 1. The number of carbonyl (C=O) groups excluding carboxylic acids is 1. The smallest absolute Gasteiger partial charge is 0.326 e. The van der Waals surface area contributed by atoms with Gasteiger partial charge in [-0.2, -0.15) is 0 Å². The third kappa shape index (κ3) is 4.87. The third-order valence-electron chi connectivity index (χ3n) is 11.5. The molecule has 0 saturated heterocycles. The largest absolute Gasteiger partial charge is 0.508 e. The molecule has 10 heteroatoms. The van der Waals surface area contributed by atoms with Crippen molar-refractivity contribution in [3.63, 3.8) is 0 Å². The lowest BCUT2D eigenvalue weighted by Gasteiger charge is -2.60. The summed E-state index contributed by atoms with van der Waals surface area (Å²) in [4.78, 5) is 32.9. The number of aliphatic carboxylic acids is 1. The van der Waals surface area contributed by atoms with Crippen molar-refractivity contribution in [1.29, 1.82) is 0 Å². The molecule has 44 heavy (non-hydrogen) atoms. The summed E-state index contributed by atoms with van der Waals surface area (Å²) in [5.41, 5.74) is 1.45. The first-order chi connectivity index (χ1) is 20.9. The van der Waals surface area contributed by atoms with Gasteiger partial charge in [-0.1, -0.05) is 30.5 Å². The summed E-state index contributed by atoms with van der Waals surface area (Å²) in [5.74, 6) is 1.63. The van der Waals surface area contributed by atoms with Gasteiger partial charge >= 0.3 is 5.97 Å². The monoisotopic (exact) mass is 603 g/mol. The third-order valence-corrected chi connectivity index (χ3v) is 11.5. The Morgan fingerprint density at radius 2 is 2.05 bits per heavy atom. The number of allylic oxidation sites excluding steroid dienone is 2. The number of aliphatic hydroxyl groups is 2. The Bertz CT molecular complexity index is 1590. The van der Waals surface area contributed by atoms with Gasteiger partial charge in [0.25, 0.3) is 5.91 Å². The number of nitrogens with zero attached hydrogens (tertiary/aromatic N) is 1. The number of fused-ring (bicyclic) bond motifs is 6. The van der Waals surface area contributed by atoms with E-state index in [2.05, 4.69) is 35.2 Å². The second-order valence-corrected chi connectivity index (χ2v) is 13.7. The molecule has 2 aromatic rings. The number of hydrogen-bond donors (Lipinski definition) is 6. The van der Waals surface area contributed by atoms with Crippen LogP contribution in [0.25, 0.3) is 10.9 Å². The van der Waals surface area contributed by atoms with E-state index in [0.717, 1.165) is 36.8 Å². The SMILES string of the molecule is C#C[C@]1(O)CC[C@@H]2[C@@H]3CCC4=C/C(=N\OCC(=O)N[C@H](Cc5c[nH]c6cc(O)ccc56)C(=O)O)CC[C@]4(C)[C@@H]3[C@@H](O)C[C@@]21C. The summed E-state index contributed by atoms with van der Waals surface area (Å²) in [5, 5.41) is 49.7. The molecular weight excluding hydrogens is 562 g/mol. The second kappa shape index (κ2) is 11.0. The number of carbonyl (C=O) groups is 2. The average Bonchev–Trinajstić information content (AvgIpc) is 3.49. The maximum Gasteiger partial charge on any atom is 0.326 e. The summed E-state index contributed by atoms with van der Waals surface area (Å²) < 4.78 is 0. The number of hydrogen-bond acceptors (Lipinski definition) is 7. The van der Waals surface area contributed by atoms with E-state index in [1.165, 1.54) is 11.6 Å². The van der Waals surface area contributed by atoms with E-state index in [1.54, 1.807) is 18.3 Å². The first kappa shape index (κ1) is 30.2. The maximum atomic E-state index is 12.6. The van der Waals surface area contributed by atoms with Crippen molar-refractivity contribution in [2.75, 3.05) is 6.61 Å². The van der Waals surface area contributed by atoms with Crippen molar-refractivity contribution in [3.8, 4) is 18.1 Å². The van der Waals surface area contributed by atoms with Crippen LogP contribution in [0.2, 0.25) is 0 Å². The number of phenols is 1. The van der Waals surface area contributed by atoms with Crippen molar-refractivity contribution in [2.45, 2.75) is 83.0 Å². The molecular formula is C34H41N3O7. The van der Waals surface area contributed by atoms with E-state index >= 15 is 0 Å². The molecule has 1 amide bonds. The lowest BCUT2D eigenvalue weighted by Crippen LogP contribution is -2.59. The molecule has 6 rings (SSSR count). The number of carboxylic acids is 1. The van der Waals surface area contributed by atoms with Crippen LogP contribution in [0.3, 0.4) is 0 Å². The van der Waals surface area contributed by atoms with E-state index in [1.807, 2.05) is 6.08 Å². The highest BCUT2D eigenvalue weighted by molar-refractivity contribution is 5.96. The maximum absolute atomic E-state index is 12.6. The van der Waals surface area contributed by atoms with Crippen LogP contribution in [0.15, 0.2) is 41.2 Å². The number of aromatic nitrogens is 1. The van der Waals surface area contributed by atoms with E-state index in [0.29, 0.717) is 30.3 Å². The number of benzene rings is 1. The van der Waals surface area contributed by atoms with Crippen LogP contribution >= 0.6 is 0 Å². The normalized spacial score (nSPS) is 36.0. The molecule has 6 N–H and O–H groups in total. The number of aliphatic hydroxyl groups excluding tert-OH is 1. The molecule has 0 spiro atoms. The number of amides is 1. The summed E-state index contributed by atoms with van der Waals surface area (Å²) in [7, 11) is 0.